The molecule has 0 unspecified atom stereocenters. The molecule has 6 nitrogen and oxygen atoms in total. The maximum absolute atomic E-state index is 12.7. The van der Waals surface area contributed by atoms with Gasteiger partial charge in [0.1, 0.15) is 11.9 Å². The predicted molar refractivity (Wildman–Crippen MR) is 96.6 cm³/mol. The van der Waals surface area contributed by atoms with Crippen molar-refractivity contribution in [3.63, 3.8) is 0 Å². The van der Waals surface area contributed by atoms with Crippen LogP contribution in [0.15, 0.2) is 65.3 Å². The first kappa shape index (κ1) is 17.4. The number of hydrogen-bond acceptors (Lipinski definition) is 5. The van der Waals surface area contributed by atoms with Gasteiger partial charge in [0.05, 0.1) is 22.9 Å². The van der Waals surface area contributed by atoms with Crippen molar-refractivity contribution in [2.24, 2.45) is 5.10 Å². The van der Waals surface area contributed by atoms with Gasteiger partial charge in [0.25, 0.3) is 5.91 Å². The van der Waals surface area contributed by atoms with Gasteiger partial charge in [-0.05, 0) is 49.8 Å². The van der Waals surface area contributed by atoms with E-state index >= 15 is 0 Å². The van der Waals surface area contributed by atoms with E-state index in [4.69, 9.17) is 4.74 Å². The van der Waals surface area contributed by atoms with Crippen LogP contribution in [-0.2, 0) is 9.59 Å². The van der Waals surface area contributed by atoms with E-state index in [1.807, 2.05) is 30.3 Å². The lowest BCUT2D eigenvalue weighted by atomic mass is 10.1. The highest BCUT2D eigenvalue weighted by atomic mass is 16.5. The fraction of sp³-hybridized carbons (Fsp3) is 0.150. The molecular weight excluding hydrogens is 332 g/mol. The Morgan fingerprint density at radius 2 is 1.81 bits per heavy atom. The van der Waals surface area contributed by atoms with E-state index in [0.717, 1.165) is 5.56 Å². The van der Waals surface area contributed by atoms with Crippen molar-refractivity contribution in [1.29, 1.82) is 0 Å². The SMILES string of the molecule is CC1=NN(c2ccccc2)C(=O)/C1=C\c1ccc(O[C@H](C)C(=O)[O-])cc1. The Bertz CT molecular complexity index is 886. The normalized spacial score (nSPS) is 16.5. The topological polar surface area (TPSA) is 82.0 Å². The van der Waals surface area contributed by atoms with E-state index in [2.05, 4.69) is 5.10 Å². The molecule has 2 aromatic rings. The van der Waals surface area contributed by atoms with Crippen molar-refractivity contribution in [2.45, 2.75) is 20.0 Å². The van der Waals surface area contributed by atoms with Crippen LogP contribution in [0.4, 0.5) is 5.69 Å². The molecule has 26 heavy (non-hydrogen) atoms. The van der Waals surface area contributed by atoms with E-state index in [9.17, 15) is 14.7 Å². The number of benzene rings is 2. The van der Waals surface area contributed by atoms with Gasteiger partial charge >= 0.3 is 0 Å². The van der Waals surface area contributed by atoms with E-state index < -0.39 is 12.1 Å². The molecule has 1 aliphatic heterocycles. The number of carbonyl (C=O) groups excluding carboxylic acids is 2. The lowest BCUT2D eigenvalue weighted by Crippen LogP contribution is -2.37. The van der Waals surface area contributed by atoms with Gasteiger partial charge in [0.2, 0.25) is 0 Å². The number of carbonyl (C=O) groups is 2. The number of carboxylic acid groups (broad SMARTS) is 1. The Morgan fingerprint density at radius 1 is 1.15 bits per heavy atom. The summed E-state index contributed by atoms with van der Waals surface area (Å²) in [5, 5.41) is 16.4. The summed E-state index contributed by atoms with van der Waals surface area (Å²) in [5.41, 5.74) is 2.63. The number of carboxylic acids is 1. The number of amides is 1. The summed E-state index contributed by atoms with van der Waals surface area (Å²) in [6.45, 7) is 3.19. The molecule has 1 amide bonds. The largest absolute Gasteiger partial charge is 0.546 e. The van der Waals surface area contributed by atoms with Gasteiger partial charge in [-0.15, -0.1) is 0 Å². The van der Waals surface area contributed by atoms with Gasteiger partial charge in [0.15, 0.2) is 0 Å². The van der Waals surface area contributed by atoms with Crippen LogP contribution in [0, 0.1) is 0 Å². The van der Waals surface area contributed by atoms with Crippen molar-refractivity contribution in [2.75, 3.05) is 5.01 Å². The molecule has 0 N–H and O–H groups in total. The van der Waals surface area contributed by atoms with Crippen molar-refractivity contribution < 1.29 is 19.4 Å². The molecule has 0 fully saturated rings. The molecule has 0 aliphatic carbocycles. The van der Waals surface area contributed by atoms with Crippen LogP contribution in [-0.4, -0.2) is 23.7 Å². The molecule has 0 bridgehead atoms. The maximum atomic E-state index is 12.7. The standard InChI is InChI=1S/C20H18N2O4/c1-13-18(19(23)22(21-13)16-6-4-3-5-7-16)12-15-8-10-17(11-9-15)26-14(2)20(24)25/h3-12,14H,1-2H3,(H,24,25)/p-1/b18-12-/t14-/m1/s1. The maximum Gasteiger partial charge on any atom is 0.280 e. The molecule has 0 aromatic heterocycles. The Kier molecular flexibility index (Phi) is 4.84. The summed E-state index contributed by atoms with van der Waals surface area (Å²) in [5.74, 6) is -1.06. The van der Waals surface area contributed by atoms with Crippen LogP contribution < -0.4 is 14.9 Å². The highest BCUT2D eigenvalue weighted by Crippen LogP contribution is 2.25. The van der Waals surface area contributed by atoms with Gasteiger partial charge in [-0.1, -0.05) is 30.3 Å². The third kappa shape index (κ3) is 3.64. The molecule has 6 heteroatoms. The third-order valence-electron chi connectivity index (χ3n) is 3.90. The first-order chi connectivity index (χ1) is 12.5. The Hall–Kier alpha value is -3.41. The Labute approximate surface area is 151 Å². The second-order valence-electron chi connectivity index (χ2n) is 5.84. The molecule has 0 spiro atoms. The molecular formula is C20H17N2O4-. The number of hydrazone groups is 1. The molecule has 1 atom stereocenters. The highest BCUT2D eigenvalue weighted by Gasteiger charge is 2.28. The summed E-state index contributed by atoms with van der Waals surface area (Å²) < 4.78 is 5.24. The second-order valence-corrected chi connectivity index (χ2v) is 5.84. The summed E-state index contributed by atoms with van der Waals surface area (Å²) in [6, 6.07) is 16.0. The van der Waals surface area contributed by atoms with Gasteiger partial charge < -0.3 is 14.6 Å². The third-order valence-corrected chi connectivity index (χ3v) is 3.90. The fourth-order valence-electron chi connectivity index (χ4n) is 2.49. The Morgan fingerprint density at radius 3 is 2.42 bits per heavy atom. The van der Waals surface area contributed by atoms with Gasteiger partial charge in [-0.2, -0.15) is 10.1 Å². The van der Waals surface area contributed by atoms with Crippen LogP contribution in [0.5, 0.6) is 5.75 Å². The molecule has 0 saturated heterocycles. The van der Waals surface area contributed by atoms with Gasteiger partial charge in [0, 0.05) is 0 Å². The van der Waals surface area contributed by atoms with Crippen molar-refractivity contribution in [1.82, 2.24) is 0 Å². The number of ether oxygens (including phenoxy) is 1. The minimum absolute atomic E-state index is 0.195. The molecule has 1 aliphatic rings. The van der Waals surface area contributed by atoms with E-state index in [1.165, 1.54) is 11.9 Å². The zero-order valence-electron chi connectivity index (χ0n) is 14.4. The number of rotatable bonds is 5. The number of aliphatic carboxylic acids is 1. The monoisotopic (exact) mass is 349 g/mol. The Balaban J connectivity index is 1.79. The molecule has 0 saturated carbocycles. The van der Waals surface area contributed by atoms with Crippen LogP contribution in [0.25, 0.3) is 6.08 Å². The van der Waals surface area contributed by atoms with Crippen LogP contribution in [0.3, 0.4) is 0 Å². The summed E-state index contributed by atoms with van der Waals surface area (Å²) in [7, 11) is 0. The fourth-order valence-corrected chi connectivity index (χ4v) is 2.49. The number of hydrogen-bond donors (Lipinski definition) is 0. The predicted octanol–water partition coefficient (Wildman–Crippen LogP) is 2.01. The molecule has 0 radical (unpaired) electrons. The molecule has 132 valence electrons. The van der Waals surface area contributed by atoms with Crippen LogP contribution >= 0.6 is 0 Å². The van der Waals surface area contributed by atoms with E-state index in [-0.39, 0.29) is 5.91 Å². The lowest BCUT2D eigenvalue weighted by Gasteiger charge is -2.15. The zero-order chi connectivity index (χ0) is 18.7. The van der Waals surface area contributed by atoms with Gasteiger partial charge in [-0.25, -0.2) is 0 Å². The number of anilines is 1. The number of nitrogens with zero attached hydrogens (tertiary/aromatic N) is 2. The van der Waals surface area contributed by atoms with E-state index in [0.29, 0.717) is 22.7 Å². The smallest absolute Gasteiger partial charge is 0.280 e. The first-order valence-electron chi connectivity index (χ1n) is 8.10. The highest BCUT2D eigenvalue weighted by molar-refractivity contribution is 6.32. The number of para-hydroxylation sites is 1. The quantitative estimate of drug-likeness (QED) is 0.773. The second kappa shape index (κ2) is 7.23. The van der Waals surface area contributed by atoms with E-state index in [1.54, 1.807) is 37.3 Å². The molecule has 1 heterocycles. The van der Waals surface area contributed by atoms with Crippen molar-refractivity contribution >= 4 is 29.4 Å². The minimum atomic E-state index is -1.28. The van der Waals surface area contributed by atoms with Gasteiger partial charge in [-0.3, -0.25) is 4.79 Å². The summed E-state index contributed by atoms with van der Waals surface area (Å²) in [6.07, 6.45) is 0.709. The average Bonchev–Trinajstić information content (AvgIpc) is 2.92. The van der Waals surface area contributed by atoms with Crippen LogP contribution in [0.2, 0.25) is 0 Å². The molecule has 3 rings (SSSR count). The lowest BCUT2D eigenvalue weighted by molar-refractivity contribution is -0.312. The van der Waals surface area contributed by atoms with Crippen LogP contribution in [0.1, 0.15) is 19.4 Å². The first-order valence-corrected chi connectivity index (χ1v) is 8.10. The van der Waals surface area contributed by atoms with Crippen molar-refractivity contribution in [3.8, 4) is 5.75 Å². The average molecular weight is 349 g/mol. The molecule has 2 aromatic carbocycles. The summed E-state index contributed by atoms with van der Waals surface area (Å²) >= 11 is 0. The zero-order valence-corrected chi connectivity index (χ0v) is 14.4. The van der Waals surface area contributed by atoms with Crippen molar-refractivity contribution in [3.05, 3.63) is 65.7 Å². The minimum Gasteiger partial charge on any atom is -0.546 e. The summed E-state index contributed by atoms with van der Waals surface area (Å²) in [4.78, 5) is 23.4.